The molecule has 2 fully saturated rings. The molecule has 2 N–H and O–H groups in total. The van der Waals surface area contributed by atoms with Crippen molar-refractivity contribution in [1.82, 2.24) is 5.32 Å². The van der Waals surface area contributed by atoms with Gasteiger partial charge in [-0.2, -0.15) is 0 Å². The number of rotatable bonds is 5. The third kappa shape index (κ3) is 2.66. The van der Waals surface area contributed by atoms with E-state index >= 15 is 0 Å². The first kappa shape index (κ1) is 13.3. The summed E-state index contributed by atoms with van der Waals surface area (Å²) >= 11 is 0. The minimum atomic E-state index is -0.855. The van der Waals surface area contributed by atoms with Crippen LogP contribution in [0.25, 0.3) is 0 Å². The zero-order valence-electron chi connectivity index (χ0n) is 10.7. The predicted molar refractivity (Wildman–Crippen MR) is 65.0 cm³/mol. The predicted octanol–water partition coefficient (Wildman–Crippen LogP) is 1.17. The first-order valence-electron chi connectivity index (χ1n) is 6.78. The molecule has 0 aromatic rings. The molecule has 0 aromatic heterocycles. The second kappa shape index (κ2) is 5.69. The number of carbonyl (C=O) groups is 2. The van der Waals surface area contributed by atoms with Gasteiger partial charge in [-0.25, -0.2) is 0 Å². The van der Waals surface area contributed by atoms with Crippen LogP contribution >= 0.6 is 0 Å². The highest BCUT2D eigenvalue weighted by Gasteiger charge is 2.42. The third-order valence-electron chi connectivity index (χ3n) is 4.11. The van der Waals surface area contributed by atoms with Crippen molar-refractivity contribution in [3.05, 3.63) is 0 Å². The molecular formula is C13H21NO4. The maximum atomic E-state index is 12.0. The Bertz CT molecular complexity index is 325. The summed E-state index contributed by atoms with van der Waals surface area (Å²) in [4.78, 5) is 22.9. The lowest BCUT2D eigenvalue weighted by Gasteiger charge is -2.34. The van der Waals surface area contributed by atoms with Gasteiger partial charge in [0.1, 0.15) is 0 Å². The van der Waals surface area contributed by atoms with Crippen molar-refractivity contribution in [2.24, 2.45) is 11.8 Å². The van der Waals surface area contributed by atoms with Crippen molar-refractivity contribution in [2.75, 3.05) is 6.61 Å². The molecule has 2 aliphatic rings. The van der Waals surface area contributed by atoms with Gasteiger partial charge < -0.3 is 15.2 Å². The van der Waals surface area contributed by atoms with Crippen LogP contribution in [0.2, 0.25) is 0 Å². The summed E-state index contributed by atoms with van der Waals surface area (Å²) in [5, 5.41) is 11.9. The van der Waals surface area contributed by atoms with E-state index in [9.17, 15) is 9.59 Å². The van der Waals surface area contributed by atoms with Gasteiger partial charge in [0, 0.05) is 6.61 Å². The van der Waals surface area contributed by atoms with Gasteiger partial charge in [-0.1, -0.05) is 6.92 Å². The van der Waals surface area contributed by atoms with E-state index in [1.807, 2.05) is 6.92 Å². The topological polar surface area (TPSA) is 75.6 Å². The van der Waals surface area contributed by atoms with Crippen molar-refractivity contribution in [2.45, 2.75) is 51.2 Å². The molecule has 1 saturated carbocycles. The normalized spacial score (nSPS) is 32.6. The molecule has 0 radical (unpaired) electrons. The molecule has 1 amide bonds. The van der Waals surface area contributed by atoms with Gasteiger partial charge in [0.2, 0.25) is 5.91 Å². The molecule has 0 spiro atoms. The second-order valence-electron chi connectivity index (χ2n) is 5.20. The highest BCUT2D eigenvalue weighted by molar-refractivity contribution is 5.86. The average Bonchev–Trinajstić information content (AvgIpc) is 2.76. The van der Waals surface area contributed by atoms with Crippen molar-refractivity contribution in [3.63, 3.8) is 0 Å². The molecule has 18 heavy (non-hydrogen) atoms. The Morgan fingerprint density at radius 2 is 2.06 bits per heavy atom. The average molecular weight is 255 g/mol. The minimum Gasteiger partial charge on any atom is -0.481 e. The Kier molecular flexibility index (Phi) is 4.22. The highest BCUT2D eigenvalue weighted by atomic mass is 16.5. The Balaban J connectivity index is 1.87. The van der Waals surface area contributed by atoms with Gasteiger partial charge in [-0.15, -0.1) is 0 Å². The molecule has 2 rings (SSSR count). The summed E-state index contributed by atoms with van der Waals surface area (Å²) in [6.45, 7) is 2.78. The fraction of sp³-hybridized carbons (Fsp3) is 0.846. The largest absolute Gasteiger partial charge is 0.481 e. The number of carbonyl (C=O) groups excluding carboxylic acids is 1. The summed E-state index contributed by atoms with van der Waals surface area (Å²) in [5.74, 6) is -1.81. The molecule has 4 atom stereocenters. The SMILES string of the molecule is CCC(NC(=O)C1CCC1C(=O)O)C1CCCO1. The zero-order valence-corrected chi connectivity index (χ0v) is 10.7. The summed E-state index contributed by atoms with van der Waals surface area (Å²) < 4.78 is 5.58. The van der Waals surface area contributed by atoms with E-state index in [0.717, 1.165) is 25.9 Å². The van der Waals surface area contributed by atoms with E-state index < -0.39 is 11.9 Å². The first-order valence-corrected chi connectivity index (χ1v) is 6.78. The van der Waals surface area contributed by atoms with Gasteiger partial charge in [-0.05, 0) is 32.1 Å². The second-order valence-corrected chi connectivity index (χ2v) is 5.20. The summed E-state index contributed by atoms with van der Waals surface area (Å²) in [6, 6.07) is 0.0232. The molecule has 1 saturated heterocycles. The maximum Gasteiger partial charge on any atom is 0.307 e. The molecular weight excluding hydrogens is 234 g/mol. The number of nitrogens with one attached hydrogen (secondary N) is 1. The Labute approximate surface area is 107 Å². The molecule has 1 aliphatic heterocycles. The molecule has 1 heterocycles. The van der Waals surface area contributed by atoms with Gasteiger partial charge in [0.25, 0.3) is 0 Å². The lowest BCUT2D eigenvalue weighted by Crippen LogP contribution is -2.50. The number of carboxylic acid groups (broad SMARTS) is 1. The third-order valence-corrected chi connectivity index (χ3v) is 4.11. The van der Waals surface area contributed by atoms with E-state index in [2.05, 4.69) is 5.32 Å². The number of carboxylic acids is 1. The van der Waals surface area contributed by atoms with E-state index in [1.165, 1.54) is 0 Å². The Morgan fingerprint density at radius 1 is 1.33 bits per heavy atom. The van der Waals surface area contributed by atoms with Crippen LogP contribution in [0.1, 0.15) is 39.0 Å². The van der Waals surface area contributed by atoms with Gasteiger partial charge in [-0.3, -0.25) is 9.59 Å². The van der Waals surface area contributed by atoms with Crippen LogP contribution < -0.4 is 5.32 Å². The van der Waals surface area contributed by atoms with E-state index in [1.54, 1.807) is 0 Å². The van der Waals surface area contributed by atoms with Crippen LogP contribution in [-0.4, -0.2) is 35.7 Å². The van der Waals surface area contributed by atoms with Crippen LogP contribution in [0.4, 0.5) is 0 Å². The summed E-state index contributed by atoms with van der Waals surface area (Å²) in [7, 11) is 0. The Morgan fingerprint density at radius 3 is 2.50 bits per heavy atom. The number of ether oxygens (including phenoxy) is 1. The summed E-state index contributed by atoms with van der Waals surface area (Å²) in [5.41, 5.74) is 0. The van der Waals surface area contributed by atoms with Crippen LogP contribution in [0, 0.1) is 11.8 Å². The molecule has 5 heteroatoms. The fourth-order valence-electron chi connectivity index (χ4n) is 2.78. The van der Waals surface area contributed by atoms with Crippen LogP contribution in [0.5, 0.6) is 0 Å². The smallest absolute Gasteiger partial charge is 0.307 e. The zero-order chi connectivity index (χ0) is 13.1. The van der Waals surface area contributed by atoms with Gasteiger partial charge in [0.15, 0.2) is 0 Å². The van der Waals surface area contributed by atoms with E-state index in [4.69, 9.17) is 9.84 Å². The molecule has 1 aliphatic carbocycles. The lowest BCUT2D eigenvalue weighted by atomic mass is 9.73. The molecule has 4 unspecified atom stereocenters. The van der Waals surface area contributed by atoms with Gasteiger partial charge in [0.05, 0.1) is 24.0 Å². The molecule has 5 nitrogen and oxygen atoms in total. The minimum absolute atomic E-state index is 0.0232. The van der Waals surface area contributed by atoms with Crippen molar-refractivity contribution in [3.8, 4) is 0 Å². The number of hydrogen-bond donors (Lipinski definition) is 2. The standard InChI is InChI=1S/C13H21NO4/c1-2-10(11-4-3-7-18-11)14-12(15)8-5-6-9(8)13(16)17/h8-11H,2-7H2,1H3,(H,14,15)(H,16,17). The van der Waals surface area contributed by atoms with E-state index in [-0.39, 0.29) is 24.0 Å². The molecule has 0 aromatic carbocycles. The van der Waals surface area contributed by atoms with Crippen LogP contribution in [0.3, 0.4) is 0 Å². The number of hydrogen-bond acceptors (Lipinski definition) is 3. The quantitative estimate of drug-likeness (QED) is 0.773. The number of amides is 1. The number of aliphatic carboxylic acids is 1. The van der Waals surface area contributed by atoms with Crippen molar-refractivity contribution in [1.29, 1.82) is 0 Å². The van der Waals surface area contributed by atoms with Crippen LogP contribution in [-0.2, 0) is 14.3 Å². The van der Waals surface area contributed by atoms with Crippen molar-refractivity contribution < 1.29 is 19.4 Å². The Hall–Kier alpha value is -1.10. The monoisotopic (exact) mass is 255 g/mol. The highest BCUT2D eigenvalue weighted by Crippen LogP contribution is 2.34. The van der Waals surface area contributed by atoms with E-state index in [0.29, 0.717) is 12.8 Å². The lowest BCUT2D eigenvalue weighted by molar-refractivity contribution is -0.153. The van der Waals surface area contributed by atoms with Crippen molar-refractivity contribution >= 4 is 11.9 Å². The maximum absolute atomic E-state index is 12.0. The molecule has 0 bridgehead atoms. The summed E-state index contributed by atoms with van der Waals surface area (Å²) in [6.07, 6.45) is 4.24. The van der Waals surface area contributed by atoms with Gasteiger partial charge >= 0.3 is 5.97 Å². The molecule has 102 valence electrons. The van der Waals surface area contributed by atoms with Crippen LogP contribution in [0.15, 0.2) is 0 Å². The first-order chi connectivity index (χ1) is 8.63. The fourth-order valence-corrected chi connectivity index (χ4v) is 2.78.